The topological polar surface area (TPSA) is 154 Å². The molecule has 0 aliphatic carbocycles. The zero-order valence-corrected chi connectivity index (χ0v) is 18.3. The fourth-order valence-electron chi connectivity index (χ4n) is 3.25. The highest BCUT2D eigenvalue weighted by molar-refractivity contribution is 5.99. The van der Waals surface area contributed by atoms with Gasteiger partial charge in [-0.2, -0.15) is 0 Å². The number of amides is 2. The Morgan fingerprint density at radius 3 is 2.32 bits per heavy atom. The second-order valence-electron chi connectivity index (χ2n) is 7.25. The number of ether oxygens (including phenoxy) is 3. The molecule has 1 aliphatic rings. The highest BCUT2D eigenvalue weighted by atomic mass is 16.6. The molecule has 0 spiro atoms. The van der Waals surface area contributed by atoms with Crippen molar-refractivity contribution in [3.63, 3.8) is 0 Å². The van der Waals surface area contributed by atoms with Gasteiger partial charge in [-0.1, -0.05) is 0 Å². The molecule has 178 valence electrons. The van der Waals surface area contributed by atoms with Gasteiger partial charge in [0.2, 0.25) is 5.91 Å². The summed E-state index contributed by atoms with van der Waals surface area (Å²) in [4.78, 5) is 59.4. The van der Waals surface area contributed by atoms with E-state index in [-0.39, 0.29) is 29.8 Å². The normalized spacial score (nSPS) is 14.9. The van der Waals surface area contributed by atoms with E-state index in [9.17, 15) is 29.3 Å². The number of carbonyl (C=O) groups excluding carboxylic acids is 4. The number of methoxy groups -OCH3 is 2. The Balaban J connectivity index is 1.54. The van der Waals surface area contributed by atoms with E-state index < -0.39 is 41.0 Å². The maximum atomic E-state index is 12.5. The molecule has 1 N–H and O–H groups in total. The number of nitro benzene ring substituents is 1. The van der Waals surface area contributed by atoms with Crippen LogP contribution in [0.3, 0.4) is 0 Å². The summed E-state index contributed by atoms with van der Waals surface area (Å²) < 4.78 is 15.3. The fourth-order valence-corrected chi connectivity index (χ4v) is 3.25. The molecular weight excluding hydrogens is 450 g/mol. The lowest BCUT2D eigenvalue weighted by Crippen LogP contribution is -2.43. The van der Waals surface area contributed by atoms with Gasteiger partial charge in [0.25, 0.3) is 11.6 Å². The highest BCUT2D eigenvalue weighted by Crippen LogP contribution is 2.27. The van der Waals surface area contributed by atoms with Gasteiger partial charge in [0, 0.05) is 29.7 Å². The van der Waals surface area contributed by atoms with Crippen LogP contribution in [0, 0.1) is 16.0 Å². The van der Waals surface area contributed by atoms with Crippen molar-refractivity contribution in [1.82, 2.24) is 10.4 Å². The maximum absolute atomic E-state index is 12.5. The molecule has 1 heterocycles. The summed E-state index contributed by atoms with van der Waals surface area (Å²) in [6.45, 7) is -0.707. The van der Waals surface area contributed by atoms with Crippen molar-refractivity contribution in [2.45, 2.75) is 6.42 Å². The van der Waals surface area contributed by atoms with Crippen LogP contribution in [0.25, 0.3) is 0 Å². The first kappa shape index (κ1) is 24.2. The molecule has 2 aromatic carbocycles. The fraction of sp³-hybridized carbons (Fsp3) is 0.273. The van der Waals surface area contributed by atoms with E-state index in [0.29, 0.717) is 11.5 Å². The first-order valence-electron chi connectivity index (χ1n) is 10.0. The molecule has 1 aliphatic heterocycles. The van der Waals surface area contributed by atoms with Crippen molar-refractivity contribution in [2.24, 2.45) is 5.92 Å². The second kappa shape index (κ2) is 10.4. The van der Waals surface area contributed by atoms with Crippen LogP contribution in [-0.2, 0) is 14.3 Å². The Morgan fingerprint density at radius 1 is 1.06 bits per heavy atom. The van der Waals surface area contributed by atoms with E-state index in [0.717, 1.165) is 5.01 Å². The lowest BCUT2D eigenvalue weighted by molar-refractivity contribution is -0.384. The molecule has 3 rings (SSSR count). The predicted molar refractivity (Wildman–Crippen MR) is 115 cm³/mol. The van der Waals surface area contributed by atoms with Gasteiger partial charge in [-0.25, -0.2) is 0 Å². The average molecular weight is 471 g/mol. The quantitative estimate of drug-likeness (QED) is 0.248. The number of esters is 1. The monoisotopic (exact) mass is 471 g/mol. The minimum absolute atomic E-state index is 0.123. The Morgan fingerprint density at radius 2 is 1.71 bits per heavy atom. The van der Waals surface area contributed by atoms with E-state index in [1.807, 2.05) is 0 Å². The van der Waals surface area contributed by atoms with E-state index in [1.54, 1.807) is 6.07 Å². The zero-order chi connectivity index (χ0) is 24.8. The number of ketones is 1. The van der Waals surface area contributed by atoms with Crippen molar-refractivity contribution >= 4 is 29.3 Å². The van der Waals surface area contributed by atoms with Crippen LogP contribution in [-0.4, -0.2) is 60.9 Å². The number of carbonyl (C=O) groups is 4. The van der Waals surface area contributed by atoms with Crippen LogP contribution in [0.15, 0.2) is 42.5 Å². The summed E-state index contributed by atoms with van der Waals surface area (Å²) in [6.07, 6.45) is -0.198. The zero-order valence-electron chi connectivity index (χ0n) is 18.3. The molecule has 12 heteroatoms. The third kappa shape index (κ3) is 5.46. The third-order valence-electron chi connectivity index (χ3n) is 5.09. The number of nitrogens with zero attached hydrogens (tertiary/aromatic N) is 2. The van der Waals surface area contributed by atoms with Gasteiger partial charge in [0.15, 0.2) is 23.9 Å². The predicted octanol–water partition coefficient (Wildman–Crippen LogP) is 1.53. The van der Waals surface area contributed by atoms with Crippen LogP contribution in [0.2, 0.25) is 0 Å². The van der Waals surface area contributed by atoms with Crippen molar-refractivity contribution in [3.05, 3.63) is 63.7 Å². The van der Waals surface area contributed by atoms with Crippen LogP contribution in [0.4, 0.5) is 5.69 Å². The molecule has 2 aromatic rings. The number of hydrogen-bond acceptors (Lipinski definition) is 9. The summed E-state index contributed by atoms with van der Waals surface area (Å²) in [7, 11) is 2.88. The number of non-ortho nitro benzene ring substituents is 1. The molecule has 34 heavy (non-hydrogen) atoms. The number of hydrogen-bond donors (Lipinski definition) is 1. The third-order valence-corrected chi connectivity index (χ3v) is 5.09. The first-order chi connectivity index (χ1) is 16.2. The number of nitro groups is 1. The lowest BCUT2D eigenvalue weighted by atomic mass is 10.1. The van der Waals surface area contributed by atoms with E-state index >= 15 is 0 Å². The average Bonchev–Trinajstić information content (AvgIpc) is 3.21. The van der Waals surface area contributed by atoms with E-state index in [1.165, 1.54) is 50.6 Å². The lowest BCUT2D eigenvalue weighted by Gasteiger charge is -2.18. The summed E-state index contributed by atoms with van der Waals surface area (Å²) in [5, 5.41) is 11.7. The molecule has 0 saturated carbocycles. The van der Waals surface area contributed by atoms with Crippen molar-refractivity contribution < 1.29 is 38.3 Å². The van der Waals surface area contributed by atoms with Gasteiger partial charge in [-0.05, 0) is 30.3 Å². The molecule has 2 amide bonds. The first-order valence-corrected chi connectivity index (χ1v) is 10.0. The number of Topliss-reactive ketones (excluding diaryl/α,β-unsaturated/α-hetero) is 1. The Labute approximate surface area is 193 Å². The van der Waals surface area contributed by atoms with Crippen molar-refractivity contribution in [1.29, 1.82) is 0 Å². The number of benzene rings is 2. The molecule has 1 fully saturated rings. The Kier molecular flexibility index (Phi) is 7.41. The van der Waals surface area contributed by atoms with Gasteiger partial charge in [0.1, 0.15) is 0 Å². The van der Waals surface area contributed by atoms with Crippen LogP contribution >= 0.6 is 0 Å². The Bertz CT molecular complexity index is 1130. The minimum Gasteiger partial charge on any atom is -0.493 e. The van der Waals surface area contributed by atoms with Gasteiger partial charge in [0.05, 0.1) is 31.6 Å². The van der Waals surface area contributed by atoms with Gasteiger partial charge in [-0.15, -0.1) is 0 Å². The van der Waals surface area contributed by atoms with Gasteiger partial charge < -0.3 is 14.2 Å². The molecule has 1 atom stereocenters. The summed E-state index contributed by atoms with van der Waals surface area (Å²) in [5.41, 5.74) is 2.63. The summed E-state index contributed by atoms with van der Waals surface area (Å²) in [5.74, 6) is -2.50. The molecular formula is C22H21N3O9. The smallest absolute Gasteiger partial charge is 0.311 e. The molecule has 0 radical (unpaired) electrons. The Hall–Kier alpha value is -4.48. The van der Waals surface area contributed by atoms with Crippen LogP contribution in [0.1, 0.15) is 27.1 Å². The van der Waals surface area contributed by atoms with Gasteiger partial charge in [-0.3, -0.25) is 39.7 Å². The molecule has 1 saturated heterocycles. The van der Waals surface area contributed by atoms with Crippen molar-refractivity contribution in [2.75, 3.05) is 27.4 Å². The largest absolute Gasteiger partial charge is 0.493 e. The highest BCUT2D eigenvalue weighted by Gasteiger charge is 2.37. The second-order valence-corrected chi connectivity index (χ2v) is 7.25. The summed E-state index contributed by atoms with van der Waals surface area (Å²) in [6, 6.07) is 9.35. The molecule has 0 unspecified atom stereocenters. The number of nitrogens with one attached hydrogen (secondary N) is 1. The van der Waals surface area contributed by atoms with Crippen molar-refractivity contribution in [3.8, 4) is 11.5 Å². The maximum Gasteiger partial charge on any atom is 0.311 e. The van der Waals surface area contributed by atoms with Crippen LogP contribution in [0.5, 0.6) is 11.5 Å². The number of rotatable bonds is 9. The summed E-state index contributed by atoms with van der Waals surface area (Å²) >= 11 is 0. The SMILES string of the molecule is COc1ccc(C(=O)NN2C[C@H](C(=O)OCC(=O)c3ccc([N+](=O)[O-])cc3)CC2=O)cc1OC. The standard InChI is InChI=1S/C22H21N3O9/c1-32-18-8-5-14(9-19(18)33-2)21(28)23-24-11-15(10-20(24)27)22(29)34-12-17(26)13-3-6-16(7-4-13)25(30)31/h3-9,15H,10-12H2,1-2H3,(H,23,28)/t15-/m1/s1. The molecule has 12 nitrogen and oxygen atoms in total. The molecule has 0 aromatic heterocycles. The van der Waals surface area contributed by atoms with E-state index in [2.05, 4.69) is 5.43 Å². The van der Waals surface area contributed by atoms with Crippen LogP contribution < -0.4 is 14.9 Å². The minimum atomic E-state index is -0.872. The van der Waals surface area contributed by atoms with Gasteiger partial charge >= 0.3 is 5.97 Å². The van der Waals surface area contributed by atoms with E-state index in [4.69, 9.17) is 14.2 Å². The number of hydrazine groups is 1. The molecule has 0 bridgehead atoms.